The molecule has 0 aromatic heterocycles. The molecular formula is C10H11F3. The van der Waals surface area contributed by atoms with Crippen LogP contribution < -0.4 is 0 Å². The van der Waals surface area contributed by atoms with Crippen molar-refractivity contribution in [2.75, 3.05) is 0 Å². The SMILES string of the molecule is Cc1cccc(C(C)C(F)F)c1F. The average molecular weight is 188 g/mol. The van der Waals surface area contributed by atoms with Crippen molar-refractivity contribution >= 4 is 0 Å². The zero-order valence-corrected chi connectivity index (χ0v) is 7.52. The molecule has 1 atom stereocenters. The van der Waals surface area contributed by atoms with Crippen LogP contribution in [0.5, 0.6) is 0 Å². The highest BCUT2D eigenvalue weighted by Crippen LogP contribution is 2.26. The Morgan fingerprint density at radius 3 is 2.38 bits per heavy atom. The van der Waals surface area contributed by atoms with E-state index in [2.05, 4.69) is 0 Å². The summed E-state index contributed by atoms with van der Waals surface area (Å²) >= 11 is 0. The molecule has 0 aliphatic carbocycles. The summed E-state index contributed by atoms with van der Waals surface area (Å²) in [5, 5.41) is 0. The van der Waals surface area contributed by atoms with Crippen molar-refractivity contribution in [2.45, 2.75) is 26.2 Å². The van der Waals surface area contributed by atoms with Gasteiger partial charge in [-0.05, 0) is 18.1 Å². The molecule has 0 radical (unpaired) electrons. The van der Waals surface area contributed by atoms with Crippen molar-refractivity contribution < 1.29 is 13.2 Å². The van der Waals surface area contributed by atoms with Gasteiger partial charge in [-0.1, -0.05) is 25.1 Å². The zero-order valence-electron chi connectivity index (χ0n) is 7.52. The molecular weight excluding hydrogens is 177 g/mol. The Morgan fingerprint density at radius 2 is 1.85 bits per heavy atom. The van der Waals surface area contributed by atoms with Gasteiger partial charge in [0.2, 0.25) is 6.43 Å². The van der Waals surface area contributed by atoms with Gasteiger partial charge in [0.25, 0.3) is 0 Å². The first-order chi connectivity index (χ1) is 6.04. The van der Waals surface area contributed by atoms with Gasteiger partial charge in [0.15, 0.2) is 0 Å². The molecule has 0 bridgehead atoms. The summed E-state index contributed by atoms with van der Waals surface area (Å²) in [6.45, 7) is 2.89. The van der Waals surface area contributed by atoms with Crippen molar-refractivity contribution in [3.8, 4) is 0 Å². The van der Waals surface area contributed by atoms with Crippen LogP contribution in [0.1, 0.15) is 24.0 Å². The van der Waals surface area contributed by atoms with E-state index < -0.39 is 18.2 Å². The fraction of sp³-hybridized carbons (Fsp3) is 0.400. The maximum absolute atomic E-state index is 13.3. The molecule has 0 amide bonds. The van der Waals surface area contributed by atoms with E-state index in [0.717, 1.165) is 0 Å². The van der Waals surface area contributed by atoms with Crippen molar-refractivity contribution in [3.05, 3.63) is 35.1 Å². The van der Waals surface area contributed by atoms with Crippen LogP contribution in [0.4, 0.5) is 13.2 Å². The molecule has 0 aliphatic rings. The molecule has 13 heavy (non-hydrogen) atoms. The van der Waals surface area contributed by atoms with E-state index in [9.17, 15) is 13.2 Å². The highest BCUT2D eigenvalue weighted by Gasteiger charge is 2.20. The van der Waals surface area contributed by atoms with Crippen LogP contribution >= 0.6 is 0 Å². The first-order valence-corrected chi connectivity index (χ1v) is 4.07. The summed E-state index contributed by atoms with van der Waals surface area (Å²) in [4.78, 5) is 0. The Kier molecular flexibility index (Phi) is 2.96. The predicted octanol–water partition coefficient (Wildman–Crippen LogP) is 3.50. The zero-order chi connectivity index (χ0) is 10.0. The smallest absolute Gasteiger partial charge is 0.210 e. The lowest BCUT2D eigenvalue weighted by Gasteiger charge is -2.12. The third-order valence-corrected chi connectivity index (χ3v) is 2.09. The molecule has 0 N–H and O–H groups in total. The van der Waals surface area contributed by atoms with E-state index >= 15 is 0 Å². The van der Waals surface area contributed by atoms with Gasteiger partial charge in [-0.3, -0.25) is 0 Å². The van der Waals surface area contributed by atoms with Gasteiger partial charge in [0.05, 0.1) is 0 Å². The Labute approximate surface area is 75.4 Å². The number of benzene rings is 1. The number of halogens is 3. The summed E-state index contributed by atoms with van der Waals surface area (Å²) in [6.07, 6.45) is -2.52. The lowest BCUT2D eigenvalue weighted by Crippen LogP contribution is -2.07. The Bertz CT molecular complexity index is 294. The topological polar surface area (TPSA) is 0 Å². The maximum Gasteiger partial charge on any atom is 0.245 e. The van der Waals surface area contributed by atoms with Crippen LogP contribution in [0.3, 0.4) is 0 Å². The predicted molar refractivity (Wildman–Crippen MR) is 45.6 cm³/mol. The minimum Gasteiger partial charge on any atom is -0.210 e. The fourth-order valence-electron chi connectivity index (χ4n) is 1.16. The van der Waals surface area contributed by atoms with E-state index in [-0.39, 0.29) is 5.56 Å². The molecule has 0 heterocycles. The summed E-state index contributed by atoms with van der Waals surface area (Å²) < 4.78 is 37.8. The normalized spacial score (nSPS) is 13.4. The van der Waals surface area contributed by atoms with Crippen LogP contribution in [0.25, 0.3) is 0 Å². The third-order valence-electron chi connectivity index (χ3n) is 2.09. The Hall–Kier alpha value is -0.990. The molecule has 3 heteroatoms. The second-order valence-electron chi connectivity index (χ2n) is 3.10. The minimum atomic E-state index is -2.52. The number of rotatable bonds is 2. The first kappa shape index (κ1) is 10.1. The minimum absolute atomic E-state index is 0.0926. The summed E-state index contributed by atoms with van der Waals surface area (Å²) in [5.41, 5.74) is 0.500. The van der Waals surface area contributed by atoms with Gasteiger partial charge < -0.3 is 0 Å². The van der Waals surface area contributed by atoms with Gasteiger partial charge >= 0.3 is 0 Å². The molecule has 0 aliphatic heterocycles. The average Bonchev–Trinajstić information content (AvgIpc) is 2.08. The van der Waals surface area contributed by atoms with E-state index in [0.29, 0.717) is 5.56 Å². The monoisotopic (exact) mass is 188 g/mol. The highest BCUT2D eigenvalue weighted by atomic mass is 19.3. The Balaban J connectivity index is 3.07. The number of hydrogen-bond acceptors (Lipinski definition) is 0. The fourth-order valence-corrected chi connectivity index (χ4v) is 1.16. The standard InChI is InChI=1S/C10H11F3/c1-6-4-3-5-8(9(6)11)7(2)10(12)13/h3-5,7,10H,1-2H3. The van der Waals surface area contributed by atoms with Crippen molar-refractivity contribution in [1.82, 2.24) is 0 Å². The molecule has 0 nitrogen and oxygen atoms in total. The second-order valence-corrected chi connectivity index (χ2v) is 3.10. The van der Waals surface area contributed by atoms with Gasteiger partial charge in [0, 0.05) is 5.92 Å². The van der Waals surface area contributed by atoms with Crippen LogP contribution in [-0.2, 0) is 0 Å². The molecule has 0 saturated heterocycles. The van der Waals surface area contributed by atoms with E-state index in [1.165, 1.54) is 13.0 Å². The van der Waals surface area contributed by atoms with E-state index in [1.54, 1.807) is 19.1 Å². The summed E-state index contributed by atoms with van der Waals surface area (Å²) in [5.74, 6) is -1.56. The van der Waals surface area contributed by atoms with Crippen molar-refractivity contribution in [2.24, 2.45) is 0 Å². The number of hydrogen-bond donors (Lipinski definition) is 0. The quantitative estimate of drug-likeness (QED) is 0.666. The second kappa shape index (κ2) is 3.81. The molecule has 1 aromatic carbocycles. The molecule has 0 spiro atoms. The van der Waals surface area contributed by atoms with E-state index in [4.69, 9.17) is 0 Å². The lowest BCUT2D eigenvalue weighted by molar-refractivity contribution is 0.119. The molecule has 1 unspecified atom stereocenters. The maximum atomic E-state index is 13.3. The van der Waals surface area contributed by atoms with Crippen LogP contribution in [-0.4, -0.2) is 6.43 Å². The van der Waals surface area contributed by atoms with E-state index in [1.807, 2.05) is 0 Å². The molecule has 0 fully saturated rings. The van der Waals surface area contributed by atoms with Gasteiger partial charge in [-0.15, -0.1) is 0 Å². The van der Waals surface area contributed by atoms with Crippen LogP contribution in [0, 0.1) is 12.7 Å². The third kappa shape index (κ3) is 2.02. The first-order valence-electron chi connectivity index (χ1n) is 4.07. The largest absolute Gasteiger partial charge is 0.245 e. The number of alkyl halides is 2. The van der Waals surface area contributed by atoms with Crippen LogP contribution in [0.2, 0.25) is 0 Å². The van der Waals surface area contributed by atoms with Gasteiger partial charge in [-0.2, -0.15) is 0 Å². The number of aryl methyl sites for hydroxylation is 1. The van der Waals surface area contributed by atoms with Crippen molar-refractivity contribution in [1.29, 1.82) is 0 Å². The van der Waals surface area contributed by atoms with Gasteiger partial charge in [0.1, 0.15) is 5.82 Å². The molecule has 72 valence electrons. The lowest BCUT2D eigenvalue weighted by atomic mass is 9.99. The summed E-state index contributed by atoms with van der Waals surface area (Å²) in [7, 11) is 0. The highest BCUT2D eigenvalue weighted by molar-refractivity contribution is 5.27. The molecule has 0 saturated carbocycles. The molecule has 1 aromatic rings. The Morgan fingerprint density at radius 1 is 1.23 bits per heavy atom. The molecule has 1 rings (SSSR count). The van der Waals surface area contributed by atoms with Gasteiger partial charge in [-0.25, -0.2) is 13.2 Å². The van der Waals surface area contributed by atoms with Crippen molar-refractivity contribution in [3.63, 3.8) is 0 Å². The van der Waals surface area contributed by atoms with Crippen LogP contribution in [0.15, 0.2) is 18.2 Å². The summed E-state index contributed by atoms with van der Waals surface area (Å²) in [6, 6.07) is 4.56.